The van der Waals surface area contributed by atoms with Gasteiger partial charge in [0.2, 0.25) is 5.91 Å². The quantitative estimate of drug-likeness (QED) is 0.717. The first kappa shape index (κ1) is 15.4. The molecule has 2 amide bonds. The van der Waals surface area contributed by atoms with Crippen LogP contribution < -0.4 is 16.0 Å². The first-order chi connectivity index (χ1) is 10.1. The van der Waals surface area contributed by atoms with Gasteiger partial charge in [-0.3, -0.25) is 9.59 Å². The van der Waals surface area contributed by atoms with E-state index in [2.05, 4.69) is 16.0 Å². The fourth-order valence-electron chi connectivity index (χ4n) is 2.14. The van der Waals surface area contributed by atoms with Crippen molar-refractivity contribution >= 4 is 17.5 Å². The number of anilines is 1. The van der Waals surface area contributed by atoms with Crippen molar-refractivity contribution < 1.29 is 9.59 Å². The van der Waals surface area contributed by atoms with Crippen molar-refractivity contribution in [2.24, 2.45) is 0 Å². The van der Waals surface area contributed by atoms with E-state index >= 15 is 0 Å². The molecule has 2 rings (SSSR count). The number of amides is 2. The summed E-state index contributed by atoms with van der Waals surface area (Å²) >= 11 is 0. The maximum absolute atomic E-state index is 12.1. The van der Waals surface area contributed by atoms with Gasteiger partial charge in [-0.05, 0) is 50.5 Å². The maximum Gasteiger partial charge on any atom is 0.251 e. The van der Waals surface area contributed by atoms with Crippen LogP contribution in [-0.4, -0.2) is 30.9 Å². The van der Waals surface area contributed by atoms with Gasteiger partial charge in [-0.15, -0.1) is 0 Å². The Hall–Kier alpha value is -2.04. The van der Waals surface area contributed by atoms with Gasteiger partial charge in [0.1, 0.15) is 0 Å². The fourth-order valence-corrected chi connectivity index (χ4v) is 2.14. The maximum atomic E-state index is 12.1. The number of hydrogen-bond acceptors (Lipinski definition) is 3. The van der Waals surface area contributed by atoms with Gasteiger partial charge in [-0.1, -0.05) is 0 Å². The van der Waals surface area contributed by atoms with Crippen molar-refractivity contribution in [1.82, 2.24) is 10.6 Å². The second kappa shape index (κ2) is 7.11. The molecule has 0 atom stereocenters. The van der Waals surface area contributed by atoms with Crippen molar-refractivity contribution in [3.05, 3.63) is 29.3 Å². The lowest BCUT2D eigenvalue weighted by Crippen LogP contribution is -2.31. The molecule has 1 aliphatic carbocycles. The molecule has 0 aliphatic heterocycles. The molecule has 1 aromatic carbocycles. The Morgan fingerprint density at radius 2 is 2.05 bits per heavy atom. The summed E-state index contributed by atoms with van der Waals surface area (Å²) in [5.41, 5.74) is 2.59. The minimum absolute atomic E-state index is 0.0111. The summed E-state index contributed by atoms with van der Waals surface area (Å²) in [6, 6.07) is 6.03. The van der Waals surface area contributed by atoms with Crippen molar-refractivity contribution in [2.75, 3.05) is 18.4 Å². The number of rotatable bonds is 7. The third-order valence-corrected chi connectivity index (χ3v) is 3.43. The summed E-state index contributed by atoms with van der Waals surface area (Å²) in [6.45, 7) is 5.16. The molecule has 0 saturated heterocycles. The molecule has 1 fully saturated rings. The molecule has 0 spiro atoms. The summed E-state index contributed by atoms with van der Waals surface area (Å²) in [7, 11) is 0. The van der Waals surface area contributed by atoms with Crippen molar-refractivity contribution in [3.8, 4) is 0 Å². The van der Waals surface area contributed by atoms with E-state index in [4.69, 9.17) is 0 Å². The second-order valence-electron chi connectivity index (χ2n) is 5.41. The highest BCUT2D eigenvalue weighted by Gasteiger charge is 2.22. The van der Waals surface area contributed by atoms with Crippen LogP contribution >= 0.6 is 0 Å². The molecular weight excluding hydrogens is 266 g/mol. The average molecular weight is 289 g/mol. The van der Waals surface area contributed by atoms with E-state index in [0.717, 1.165) is 30.6 Å². The van der Waals surface area contributed by atoms with Gasteiger partial charge in [0.15, 0.2) is 0 Å². The molecule has 5 nitrogen and oxygen atoms in total. The topological polar surface area (TPSA) is 70.2 Å². The standard InChI is InChI=1S/C16H23N3O2/c1-3-17-13-6-7-14(11(2)10-13)16(21)18-9-8-15(20)19-12-4-5-12/h6-7,10,12,17H,3-5,8-9H2,1-2H3,(H,18,21)(H,19,20). The van der Waals surface area contributed by atoms with E-state index < -0.39 is 0 Å². The zero-order valence-electron chi connectivity index (χ0n) is 12.7. The lowest BCUT2D eigenvalue weighted by atomic mass is 10.1. The SMILES string of the molecule is CCNc1ccc(C(=O)NCCC(=O)NC2CC2)c(C)c1. The third-order valence-electron chi connectivity index (χ3n) is 3.43. The van der Waals surface area contributed by atoms with E-state index in [1.807, 2.05) is 32.0 Å². The Kier molecular flexibility index (Phi) is 5.20. The van der Waals surface area contributed by atoms with Crippen LogP contribution in [0.2, 0.25) is 0 Å². The van der Waals surface area contributed by atoms with Crippen LogP contribution in [0.15, 0.2) is 18.2 Å². The molecule has 0 heterocycles. The van der Waals surface area contributed by atoms with Gasteiger partial charge in [-0.25, -0.2) is 0 Å². The minimum atomic E-state index is -0.130. The first-order valence-corrected chi connectivity index (χ1v) is 7.52. The minimum Gasteiger partial charge on any atom is -0.385 e. The zero-order valence-corrected chi connectivity index (χ0v) is 12.7. The van der Waals surface area contributed by atoms with Gasteiger partial charge >= 0.3 is 0 Å². The van der Waals surface area contributed by atoms with Gasteiger partial charge < -0.3 is 16.0 Å². The second-order valence-corrected chi connectivity index (χ2v) is 5.41. The molecule has 21 heavy (non-hydrogen) atoms. The molecule has 114 valence electrons. The molecule has 3 N–H and O–H groups in total. The highest BCUT2D eigenvalue weighted by Crippen LogP contribution is 2.18. The molecule has 0 aromatic heterocycles. The summed E-state index contributed by atoms with van der Waals surface area (Å²) in [6.07, 6.45) is 2.49. The normalized spacial score (nSPS) is 13.6. The molecular formula is C16H23N3O2. The largest absolute Gasteiger partial charge is 0.385 e. The smallest absolute Gasteiger partial charge is 0.251 e. The van der Waals surface area contributed by atoms with Crippen LogP contribution in [0.25, 0.3) is 0 Å². The predicted molar refractivity (Wildman–Crippen MR) is 83.5 cm³/mol. The van der Waals surface area contributed by atoms with Crippen LogP contribution in [0.5, 0.6) is 0 Å². The van der Waals surface area contributed by atoms with Crippen LogP contribution in [0, 0.1) is 6.92 Å². The Labute approximate surface area is 125 Å². The average Bonchev–Trinajstić information content (AvgIpc) is 3.23. The monoisotopic (exact) mass is 289 g/mol. The van der Waals surface area contributed by atoms with E-state index in [0.29, 0.717) is 24.6 Å². The van der Waals surface area contributed by atoms with Crippen molar-refractivity contribution in [3.63, 3.8) is 0 Å². The number of nitrogens with one attached hydrogen (secondary N) is 3. The Bertz CT molecular complexity index is 524. The lowest BCUT2D eigenvalue weighted by Gasteiger charge is -2.10. The van der Waals surface area contributed by atoms with E-state index in [1.165, 1.54) is 0 Å². The zero-order chi connectivity index (χ0) is 15.2. The summed E-state index contributed by atoms with van der Waals surface area (Å²) in [4.78, 5) is 23.6. The molecule has 1 aliphatic rings. The van der Waals surface area contributed by atoms with Crippen molar-refractivity contribution in [1.29, 1.82) is 0 Å². The summed E-state index contributed by atoms with van der Waals surface area (Å²) < 4.78 is 0. The van der Waals surface area contributed by atoms with Crippen molar-refractivity contribution in [2.45, 2.75) is 39.2 Å². The van der Waals surface area contributed by atoms with Crippen LogP contribution in [0.3, 0.4) is 0 Å². The van der Waals surface area contributed by atoms with Gasteiger partial charge in [-0.2, -0.15) is 0 Å². The number of benzene rings is 1. The fraction of sp³-hybridized carbons (Fsp3) is 0.500. The van der Waals surface area contributed by atoms with Crippen LogP contribution in [0.1, 0.15) is 42.1 Å². The van der Waals surface area contributed by atoms with Crippen LogP contribution in [-0.2, 0) is 4.79 Å². The van der Waals surface area contributed by atoms with Gasteiger partial charge in [0, 0.05) is 36.8 Å². The highest BCUT2D eigenvalue weighted by molar-refractivity contribution is 5.96. The molecule has 5 heteroatoms. The number of carbonyl (C=O) groups is 2. The number of hydrogen-bond donors (Lipinski definition) is 3. The van der Waals surface area contributed by atoms with Gasteiger partial charge in [0.25, 0.3) is 5.91 Å². The molecule has 0 unspecified atom stereocenters. The Balaban J connectivity index is 1.80. The molecule has 1 aromatic rings. The first-order valence-electron chi connectivity index (χ1n) is 7.52. The molecule has 0 radical (unpaired) electrons. The lowest BCUT2D eigenvalue weighted by molar-refractivity contribution is -0.121. The highest BCUT2D eigenvalue weighted by atomic mass is 16.2. The summed E-state index contributed by atoms with van der Waals surface area (Å²) in [5.74, 6) is -0.119. The van der Waals surface area contributed by atoms with E-state index in [-0.39, 0.29) is 11.8 Å². The Morgan fingerprint density at radius 3 is 2.67 bits per heavy atom. The number of aryl methyl sites for hydroxylation is 1. The van der Waals surface area contributed by atoms with Crippen LogP contribution in [0.4, 0.5) is 5.69 Å². The van der Waals surface area contributed by atoms with E-state index in [1.54, 1.807) is 0 Å². The third kappa shape index (κ3) is 4.77. The molecule has 1 saturated carbocycles. The predicted octanol–water partition coefficient (Wildman–Crippen LogP) is 1.83. The Morgan fingerprint density at radius 1 is 1.29 bits per heavy atom. The van der Waals surface area contributed by atoms with E-state index in [9.17, 15) is 9.59 Å². The summed E-state index contributed by atoms with van der Waals surface area (Å²) in [5, 5.41) is 8.91. The van der Waals surface area contributed by atoms with Gasteiger partial charge in [0.05, 0.1) is 0 Å². The molecule has 0 bridgehead atoms. The number of carbonyl (C=O) groups excluding carboxylic acids is 2.